The number of amides is 4. The van der Waals surface area contributed by atoms with E-state index in [4.69, 9.17) is 5.10 Å². The summed E-state index contributed by atoms with van der Waals surface area (Å²) in [4.78, 5) is 57.7. The summed E-state index contributed by atoms with van der Waals surface area (Å²) in [7, 11) is 0. The normalized spacial score (nSPS) is 34.7. The minimum atomic E-state index is -1.14. The zero-order valence-corrected chi connectivity index (χ0v) is 24.6. The van der Waals surface area contributed by atoms with Crippen molar-refractivity contribution in [2.24, 2.45) is 40.6 Å². The molecule has 8 aliphatic rings. The summed E-state index contributed by atoms with van der Waals surface area (Å²) in [6.45, 7) is 0. The molecule has 0 spiro atoms. The van der Waals surface area contributed by atoms with Crippen LogP contribution in [0.3, 0.4) is 0 Å². The Bertz CT molecular complexity index is 1770. The van der Waals surface area contributed by atoms with Gasteiger partial charge in [0.15, 0.2) is 0 Å². The Morgan fingerprint density at radius 3 is 1.81 bits per heavy atom. The number of carbonyl (C=O) groups is 4. The number of allylic oxidation sites excluding steroid dienone is 2. The van der Waals surface area contributed by atoms with Gasteiger partial charge in [0.1, 0.15) is 0 Å². The SMILES string of the molecule is O=C1[C@@H]2[C@H](C(=O)N1/N=C\C13c4ccccc4C(c4ccccc41)[C@@H]1C(=O)N(c4ccc(Br)cc4)C(=O)[C@@H]13)[C@H]1C=C[C@H]2CC1. The Labute approximate surface area is 256 Å². The van der Waals surface area contributed by atoms with Crippen LogP contribution in [0.15, 0.2) is 94.5 Å². The maximum atomic E-state index is 14.6. The van der Waals surface area contributed by atoms with Crippen molar-refractivity contribution >= 4 is 51.5 Å². The monoisotopic (exact) mass is 631 g/mol. The van der Waals surface area contributed by atoms with Crippen LogP contribution in [0, 0.1) is 35.5 Å². The second-order valence-electron chi connectivity index (χ2n) is 12.6. The fourth-order valence-electron chi connectivity index (χ4n) is 9.22. The molecule has 212 valence electrons. The van der Waals surface area contributed by atoms with Crippen LogP contribution in [0.2, 0.25) is 0 Å². The minimum absolute atomic E-state index is 0.0502. The molecule has 7 nitrogen and oxygen atoms in total. The summed E-state index contributed by atoms with van der Waals surface area (Å²) in [6, 6.07) is 23.0. The van der Waals surface area contributed by atoms with Crippen molar-refractivity contribution in [3.63, 3.8) is 0 Å². The van der Waals surface area contributed by atoms with Gasteiger partial charge in [0, 0.05) is 16.6 Å². The highest BCUT2D eigenvalue weighted by Crippen LogP contribution is 2.64. The van der Waals surface area contributed by atoms with Crippen molar-refractivity contribution in [2.45, 2.75) is 24.2 Å². The second kappa shape index (κ2) is 8.69. The first-order valence-electron chi connectivity index (χ1n) is 14.9. The topological polar surface area (TPSA) is 87.1 Å². The van der Waals surface area contributed by atoms with Gasteiger partial charge in [-0.05, 0) is 71.2 Å². The first-order valence-corrected chi connectivity index (χ1v) is 15.6. The van der Waals surface area contributed by atoms with Crippen molar-refractivity contribution in [3.05, 3.63) is 112 Å². The molecule has 0 unspecified atom stereocenters. The number of hydrazone groups is 1. The average molecular weight is 633 g/mol. The predicted molar refractivity (Wildman–Crippen MR) is 162 cm³/mol. The molecule has 11 rings (SSSR count). The Hall–Kier alpha value is -4.17. The number of anilines is 1. The van der Waals surface area contributed by atoms with Crippen LogP contribution in [0.4, 0.5) is 5.69 Å². The van der Waals surface area contributed by atoms with Crippen molar-refractivity contribution in [1.29, 1.82) is 0 Å². The van der Waals surface area contributed by atoms with Gasteiger partial charge in [0.25, 0.3) is 11.8 Å². The van der Waals surface area contributed by atoms with Crippen LogP contribution < -0.4 is 4.90 Å². The van der Waals surface area contributed by atoms with Crippen molar-refractivity contribution in [1.82, 2.24) is 5.01 Å². The lowest BCUT2D eigenvalue weighted by Gasteiger charge is -2.52. The molecule has 2 heterocycles. The van der Waals surface area contributed by atoms with Gasteiger partial charge in [-0.3, -0.25) is 19.2 Å². The lowest BCUT2D eigenvalue weighted by atomic mass is 9.47. The lowest BCUT2D eigenvalue weighted by Crippen LogP contribution is -2.55. The van der Waals surface area contributed by atoms with E-state index in [0.717, 1.165) is 44.6 Å². The Balaban J connectivity index is 1.24. The Morgan fingerprint density at radius 2 is 1.26 bits per heavy atom. The van der Waals surface area contributed by atoms with Crippen molar-refractivity contribution < 1.29 is 19.2 Å². The van der Waals surface area contributed by atoms with Crippen LogP contribution in [0.1, 0.15) is 41.0 Å². The van der Waals surface area contributed by atoms with Gasteiger partial charge >= 0.3 is 0 Å². The number of benzene rings is 3. The maximum absolute atomic E-state index is 14.6. The first kappa shape index (κ1) is 25.3. The maximum Gasteiger partial charge on any atom is 0.254 e. The standard InChI is InChI=1S/C35H26BrN3O4/c36-20-13-15-21(16-14-20)38-31(40)29-28-22-5-1-3-7-24(22)35(30(29)34(38)43,25-8-4-2-6-23(25)28)17-37-39-32(41)26-18-9-10-19(12-11-18)27(26)33(39)42/h1-10,13-19,26-30H,11-12H2/b37-17-/t18-,19-,26-,27+,28?,29-,30+,35?/m0/s1. The van der Waals surface area contributed by atoms with E-state index in [9.17, 15) is 19.2 Å². The molecule has 3 fully saturated rings. The summed E-state index contributed by atoms with van der Waals surface area (Å²) >= 11 is 3.45. The highest BCUT2D eigenvalue weighted by molar-refractivity contribution is 9.10. The van der Waals surface area contributed by atoms with Crippen molar-refractivity contribution in [3.8, 4) is 0 Å². The van der Waals surface area contributed by atoms with Crippen LogP contribution in [-0.2, 0) is 24.6 Å². The zero-order valence-electron chi connectivity index (χ0n) is 23.0. The number of nitrogens with zero attached hydrogens (tertiary/aromatic N) is 3. The third kappa shape index (κ3) is 3.07. The lowest BCUT2D eigenvalue weighted by molar-refractivity contribution is -0.140. The number of hydrogen-bond donors (Lipinski definition) is 0. The number of carbonyl (C=O) groups excluding carboxylic acids is 4. The number of rotatable bonds is 3. The predicted octanol–water partition coefficient (Wildman–Crippen LogP) is 5.18. The van der Waals surface area contributed by atoms with Crippen LogP contribution in [-0.4, -0.2) is 34.9 Å². The van der Waals surface area contributed by atoms with E-state index in [0.29, 0.717) is 5.69 Å². The van der Waals surface area contributed by atoms with E-state index in [1.165, 1.54) is 4.90 Å². The molecule has 2 aliphatic heterocycles. The molecule has 43 heavy (non-hydrogen) atoms. The molecule has 4 amide bonds. The smallest absolute Gasteiger partial charge is 0.254 e. The summed E-state index contributed by atoms with van der Waals surface area (Å²) in [5, 5.41) is 5.78. The largest absolute Gasteiger partial charge is 0.274 e. The molecule has 6 atom stereocenters. The summed E-state index contributed by atoms with van der Waals surface area (Å²) in [5.74, 6) is -3.49. The van der Waals surface area contributed by atoms with Gasteiger partial charge in [-0.25, -0.2) is 4.90 Å². The van der Waals surface area contributed by atoms with Gasteiger partial charge in [-0.2, -0.15) is 10.1 Å². The van der Waals surface area contributed by atoms with E-state index in [2.05, 4.69) is 28.1 Å². The molecule has 2 saturated heterocycles. The summed E-state index contributed by atoms with van der Waals surface area (Å²) in [6.07, 6.45) is 7.63. The average Bonchev–Trinajstić information content (AvgIpc) is 3.47. The van der Waals surface area contributed by atoms with Gasteiger partial charge in [-0.1, -0.05) is 76.6 Å². The zero-order chi connectivity index (χ0) is 29.2. The molecule has 4 bridgehead atoms. The van der Waals surface area contributed by atoms with E-state index < -0.39 is 17.3 Å². The molecule has 3 aromatic rings. The Kier molecular flexibility index (Phi) is 5.12. The highest BCUT2D eigenvalue weighted by atomic mass is 79.9. The molecule has 8 heteroatoms. The van der Waals surface area contributed by atoms with Crippen LogP contribution in [0.25, 0.3) is 0 Å². The summed E-state index contributed by atoms with van der Waals surface area (Å²) in [5.41, 5.74) is 3.10. The van der Waals surface area contributed by atoms with E-state index in [1.807, 2.05) is 60.7 Å². The quantitative estimate of drug-likeness (QED) is 0.226. The minimum Gasteiger partial charge on any atom is -0.274 e. The molecule has 3 aromatic carbocycles. The second-order valence-corrected chi connectivity index (χ2v) is 13.5. The van der Waals surface area contributed by atoms with Gasteiger partial charge < -0.3 is 0 Å². The molecule has 1 saturated carbocycles. The Morgan fingerprint density at radius 1 is 0.698 bits per heavy atom. The number of fused-ring (bicyclic) bond motifs is 1. The molecule has 0 radical (unpaired) electrons. The van der Waals surface area contributed by atoms with E-state index in [-0.39, 0.29) is 53.2 Å². The number of imide groups is 2. The highest BCUT2D eigenvalue weighted by Gasteiger charge is 2.68. The third-order valence-electron chi connectivity index (χ3n) is 10.9. The number of halogens is 1. The third-order valence-corrected chi connectivity index (χ3v) is 11.4. The molecular formula is C35H26BrN3O4. The molecule has 0 aromatic heterocycles. The van der Waals surface area contributed by atoms with Crippen LogP contribution in [0.5, 0.6) is 0 Å². The fourth-order valence-corrected chi connectivity index (χ4v) is 9.48. The summed E-state index contributed by atoms with van der Waals surface area (Å²) < 4.78 is 0.848. The van der Waals surface area contributed by atoms with Crippen molar-refractivity contribution in [2.75, 3.05) is 4.90 Å². The van der Waals surface area contributed by atoms with Gasteiger partial charge in [0.05, 0.1) is 34.8 Å². The molecule has 0 N–H and O–H groups in total. The molecule has 6 aliphatic carbocycles. The van der Waals surface area contributed by atoms with E-state index in [1.54, 1.807) is 18.3 Å². The van der Waals surface area contributed by atoms with Gasteiger partial charge in [0.2, 0.25) is 11.8 Å². The fraction of sp³-hybridized carbons (Fsp3) is 0.286. The van der Waals surface area contributed by atoms with Crippen LogP contribution >= 0.6 is 15.9 Å². The number of hydrogen-bond acceptors (Lipinski definition) is 5. The van der Waals surface area contributed by atoms with E-state index >= 15 is 0 Å². The first-order chi connectivity index (χ1) is 20.9. The van der Waals surface area contributed by atoms with Gasteiger partial charge in [-0.15, -0.1) is 0 Å². The molecular weight excluding hydrogens is 606 g/mol.